The molecule has 0 aliphatic carbocycles. The highest BCUT2D eigenvalue weighted by Gasteiger charge is 2.28. The lowest BCUT2D eigenvalue weighted by molar-refractivity contribution is 0.597. The van der Waals surface area contributed by atoms with Gasteiger partial charge >= 0.3 is 0 Å². The predicted octanol–water partition coefficient (Wildman–Crippen LogP) is 0.696. The normalized spacial score (nSPS) is 22.3. The van der Waals surface area contributed by atoms with E-state index in [1.807, 2.05) is 0 Å². The summed E-state index contributed by atoms with van der Waals surface area (Å²) in [5.41, 5.74) is 0.648. The third-order valence-electron chi connectivity index (χ3n) is 2.86. The molecule has 0 bridgehead atoms. The van der Waals surface area contributed by atoms with Crippen molar-refractivity contribution in [3.63, 3.8) is 0 Å². The molecule has 3 N–H and O–H groups in total. The zero-order valence-electron chi connectivity index (χ0n) is 9.84. The highest BCUT2D eigenvalue weighted by molar-refractivity contribution is 9.10. The van der Waals surface area contributed by atoms with E-state index in [1.54, 1.807) is 6.07 Å². The van der Waals surface area contributed by atoms with Crippen LogP contribution in [0.25, 0.3) is 0 Å². The maximum atomic E-state index is 11.4. The number of anilines is 1. The molecule has 1 unspecified atom stereocenters. The molecule has 1 saturated heterocycles. The zero-order chi connectivity index (χ0) is 14.3. The van der Waals surface area contributed by atoms with Gasteiger partial charge in [0.25, 0.3) is 0 Å². The molecular weight excluding hydrogens is 356 g/mol. The molecule has 1 aromatic rings. The fraction of sp³-hybridized carbons (Fsp3) is 0.400. The van der Waals surface area contributed by atoms with Crippen molar-refractivity contribution < 1.29 is 16.8 Å². The fourth-order valence-electron chi connectivity index (χ4n) is 1.92. The minimum Gasteiger partial charge on any atom is -0.380 e. The molecule has 6 nitrogen and oxygen atoms in total. The lowest BCUT2D eigenvalue weighted by Gasteiger charge is -2.14. The van der Waals surface area contributed by atoms with E-state index in [-0.39, 0.29) is 22.4 Å². The molecule has 1 fully saturated rings. The maximum Gasteiger partial charge on any atom is 0.238 e. The number of nitrogens with two attached hydrogens (primary N) is 1. The van der Waals surface area contributed by atoms with E-state index in [2.05, 4.69) is 21.2 Å². The first kappa shape index (κ1) is 14.8. The summed E-state index contributed by atoms with van der Waals surface area (Å²) in [6.45, 7) is 0. The van der Waals surface area contributed by atoms with E-state index >= 15 is 0 Å². The first-order valence-corrected chi connectivity index (χ1v) is 9.63. The van der Waals surface area contributed by atoms with Gasteiger partial charge < -0.3 is 5.32 Å². The van der Waals surface area contributed by atoms with Gasteiger partial charge in [0, 0.05) is 16.2 Å². The van der Waals surface area contributed by atoms with Crippen LogP contribution in [0.5, 0.6) is 0 Å². The van der Waals surface area contributed by atoms with E-state index in [4.69, 9.17) is 5.14 Å². The summed E-state index contributed by atoms with van der Waals surface area (Å²) in [5.74, 6) is 0.272. The minimum absolute atomic E-state index is 0.00367. The molecule has 1 atom stereocenters. The summed E-state index contributed by atoms with van der Waals surface area (Å²) >= 11 is 3.24. The number of primary sulfonamides is 1. The van der Waals surface area contributed by atoms with Crippen molar-refractivity contribution in [3.8, 4) is 0 Å². The number of benzene rings is 1. The molecule has 0 amide bonds. The highest BCUT2D eigenvalue weighted by atomic mass is 79.9. The summed E-state index contributed by atoms with van der Waals surface area (Å²) in [7, 11) is -6.70. The summed E-state index contributed by atoms with van der Waals surface area (Å²) in [4.78, 5) is 0.00367. The monoisotopic (exact) mass is 368 g/mol. The Morgan fingerprint density at radius 2 is 2.05 bits per heavy atom. The summed E-state index contributed by atoms with van der Waals surface area (Å²) in [6, 6.07) is 4.18. The average Bonchev–Trinajstić information content (AvgIpc) is 2.59. The number of halogens is 1. The Hall–Kier alpha value is -0.640. The lowest BCUT2D eigenvalue weighted by Crippen LogP contribution is -2.21. The largest absolute Gasteiger partial charge is 0.380 e. The van der Waals surface area contributed by atoms with Gasteiger partial charge in [-0.1, -0.05) is 0 Å². The maximum absolute atomic E-state index is 11.4. The molecule has 9 heteroatoms. The second-order valence-electron chi connectivity index (χ2n) is 4.43. The van der Waals surface area contributed by atoms with Crippen molar-refractivity contribution in [1.29, 1.82) is 0 Å². The topological polar surface area (TPSA) is 106 Å². The van der Waals surface area contributed by atoms with E-state index < -0.39 is 19.9 Å². The smallest absolute Gasteiger partial charge is 0.238 e. The van der Waals surface area contributed by atoms with Crippen LogP contribution >= 0.6 is 15.9 Å². The second kappa shape index (κ2) is 5.04. The Labute approximate surface area is 120 Å². The number of hydrogen-bond donors (Lipinski definition) is 2. The molecule has 1 heterocycles. The third-order valence-corrected chi connectivity index (χ3v) is 6.20. The SMILES string of the molecule is NS(=O)(=O)c1ccc(NC2CCS(=O)(=O)C2)c(Br)c1. The number of nitrogens with one attached hydrogen (secondary N) is 1. The fourth-order valence-corrected chi connectivity index (χ4v) is 4.78. The summed E-state index contributed by atoms with van der Waals surface area (Å²) < 4.78 is 45.6. The number of sulfonamides is 1. The molecule has 1 aromatic carbocycles. The van der Waals surface area contributed by atoms with Gasteiger partial charge in [-0.3, -0.25) is 0 Å². The standard InChI is InChI=1S/C10H13BrN2O4S2/c11-9-5-8(19(12,16)17)1-2-10(9)13-7-3-4-18(14,15)6-7/h1-2,5,7,13H,3-4,6H2,(H2,12,16,17). The van der Waals surface area contributed by atoms with Crippen molar-refractivity contribution in [2.45, 2.75) is 17.4 Å². The molecule has 1 aliphatic rings. The molecule has 0 aromatic heterocycles. The quantitative estimate of drug-likeness (QED) is 0.816. The van der Waals surface area contributed by atoms with E-state index in [1.165, 1.54) is 12.1 Å². The Morgan fingerprint density at radius 1 is 1.37 bits per heavy atom. The van der Waals surface area contributed by atoms with Gasteiger partial charge in [0.15, 0.2) is 9.84 Å². The van der Waals surface area contributed by atoms with Gasteiger partial charge in [0.1, 0.15) is 0 Å². The molecular formula is C10H13BrN2O4S2. The van der Waals surface area contributed by atoms with E-state index in [0.717, 1.165) is 0 Å². The Balaban J connectivity index is 2.19. The Kier molecular flexibility index (Phi) is 3.92. The van der Waals surface area contributed by atoms with Crippen molar-refractivity contribution in [2.24, 2.45) is 5.14 Å². The molecule has 0 radical (unpaired) electrons. The van der Waals surface area contributed by atoms with Gasteiger partial charge in [-0.2, -0.15) is 0 Å². The van der Waals surface area contributed by atoms with E-state index in [0.29, 0.717) is 16.6 Å². The highest BCUT2D eigenvalue weighted by Crippen LogP contribution is 2.27. The summed E-state index contributed by atoms with van der Waals surface area (Å²) in [5, 5.41) is 8.11. The van der Waals surface area contributed by atoms with Crippen LogP contribution in [0.3, 0.4) is 0 Å². The van der Waals surface area contributed by atoms with Crippen LogP contribution in [0.1, 0.15) is 6.42 Å². The van der Waals surface area contributed by atoms with Crippen molar-refractivity contribution in [3.05, 3.63) is 22.7 Å². The van der Waals surface area contributed by atoms with Crippen molar-refractivity contribution in [2.75, 3.05) is 16.8 Å². The van der Waals surface area contributed by atoms with Crippen LogP contribution in [0, 0.1) is 0 Å². The molecule has 1 aliphatic heterocycles. The lowest BCUT2D eigenvalue weighted by atomic mass is 10.2. The van der Waals surface area contributed by atoms with Crippen LogP contribution < -0.4 is 10.5 Å². The van der Waals surface area contributed by atoms with Crippen molar-refractivity contribution >= 4 is 41.5 Å². The zero-order valence-corrected chi connectivity index (χ0v) is 13.1. The van der Waals surface area contributed by atoms with Crippen LogP contribution in [-0.2, 0) is 19.9 Å². The van der Waals surface area contributed by atoms with Crippen molar-refractivity contribution in [1.82, 2.24) is 0 Å². The Bertz CT molecular complexity index is 700. The molecule has 0 saturated carbocycles. The van der Waals surface area contributed by atoms with Gasteiger partial charge in [-0.15, -0.1) is 0 Å². The number of hydrogen-bond acceptors (Lipinski definition) is 5. The molecule has 2 rings (SSSR count). The first-order chi connectivity index (χ1) is 8.67. The number of sulfone groups is 1. The molecule has 106 valence electrons. The minimum atomic E-state index is -3.74. The van der Waals surface area contributed by atoms with Crippen LogP contribution in [0.4, 0.5) is 5.69 Å². The first-order valence-electron chi connectivity index (χ1n) is 5.47. The Morgan fingerprint density at radius 3 is 2.53 bits per heavy atom. The number of rotatable bonds is 3. The third kappa shape index (κ3) is 3.68. The summed E-state index contributed by atoms with van der Waals surface area (Å²) in [6.07, 6.45) is 0.547. The van der Waals surface area contributed by atoms with Crippen LogP contribution in [-0.4, -0.2) is 34.4 Å². The molecule has 19 heavy (non-hydrogen) atoms. The van der Waals surface area contributed by atoms with Crippen LogP contribution in [0.2, 0.25) is 0 Å². The van der Waals surface area contributed by atoms with E-state index in [9.17, 15) is 16.8 Å². The van der Waals surface area contributed by atoms with Crippen LogP contribution in [0.15, 0.2) is 27.6 Å². The predicted molar refractivity (Wildman–Crippen MR) is 76.2 cm³/mol. The van der Waals surface area contributed by atoms with Gasteiger partial charge in [0.2, 0.25) is 10.0 Å². The second-order valence-corrected chi connectivity index (χ2v) is 9.08. The van der Waals surface area contributed by atoms with Gasteiger partial charge in [-0.05, 0) is 40.5 Å². The van der Waals surface area contributed by atoms with Gasteiger partial charge in [0.05, 0.1) is 16.4 Å². The molecule has 0 spiro atoms. The average molecular weight is 369 g/mol. The van der Waals surface area contributed by atoms with Gasteiger partial charge in [-0.25, -0.2) is 22.0 Å².